The van der Waals surface area contributed by atoms with Gasteiger partial charge in [0.1, 0.15) is 0 Å². The van der Waals surface area contributed by atoms with Gasteiger partial charge in [-0.3, -0.25) is 14.5 Å². The van der Waals surface area contributed by atoms with Crippen LogP contribution in [0.3, 0.4) is 0 Å². The Morgan fingerprint density at radius 2 is 1.68 bits per heavy atom. The van der Waals surface area contributed by atoms with Crippen LogP contribution in [0.1, 0.15) is 66.7 Å². The predicted molar refractivity (Wildman–Crippen MR) is 109 cm³/mol. The average Bonchev–Trinajstić information content (AvgIpc) is 2.92. The van der Waals surface area contributed by atoms with E-state index in [1.165, 1.54) is 4.90 Å². The molecule has 1 aliphatic rings. The van der Waals surface area contributed by atoms with Crippen LogP contribution < -0.4 is 5.32 Å². The van der Waals surface area contributed by atoms with Crippen LogP contribution in [0.4, 0.5) is 10.5 Å². The first-order chi connectivity index (χ1) is 13.5. The molecule has 0 spiro atoms. The summed E-state index contributed by atoms with van der Waals surface area (Å²) in [6.07, 6.45) is 4.53. The summed E-state index contributed by atoms with van der Waals surface area (Å²) in [4.78, 5) is 40.7. The van der Waals surface area contributed by atoms with E-state index in [2.05, 4.69) is 19.2 Å². The second-order valence-corrected chi connectivity index (χ2v) is 6.99. The molecule has 0 aromatic heterocycles. The molecule has 0 saturated carbocycles. The summed E-state index contributed by atoms with van der Waals surface area (Å²) in [5.74, 6) is -0.609. The molecule has 0 radical (unpaired) electrons. The highest BCUT2D eigenvalue weighted by Gasteiger charge is 2.35. The van der Waals surface area contributed by atoms with Gasteiger partial charge in [-0.25, -0.2) is 4.79 Å². The number of amides is 4. The zero-order valence-electron chi connectivity index (χ0n) is 17.1. The van der Waals surface area contributed by atoms with E-state index >= 15 is 0 Å². The van der Waals surface area contributed by atoms with E-state index in [0.717, 1.165) is 25.7 Å². The monoisotopic (exact) mass is 389 g/mol. The normalized spacial score (nSPS) is 13.0. The molecular formula is C21H31N3O4. The van der Waals surface area contributed by atoms with Gasteiger partial charge in [0.15, 0.2) is 0 Å². The van der Waals surface area contributed by atoms with Gasteiger partial charge < -0.3 is 15.0 Å². The number of methoxy groups -OCH3 is 1. The van der Waals surface area contributed by atoms with Crippen LogP contribution in [-0.2, 0) is 4.74 Å². The van der Waals surface area contributed by atoms with Gasteiger partial charge in [0, 0.05) is 39.0 Å². The molecule has 0 bridgehead atoms. The molecule has 0 unspecified atom stereocenters. The molecular weight excluding hydrogens is 358 g/mol. The number of fused-ring (bicyclic) bond motifs is 1. The Bertz CT molecular complexity index is 697. The minimum atomic E-state index is -0.318. The van der Waals surface area contributed by atoms with Crippen LogP contribution >= 0.6 is 0 Å². The number of anilines is 1. The Balaban J connectivity index is 2.08. The van der Waals surface area contributed by atoms with Crippen molar-refractivity contribution in [3.63, 3.8) is 0 Å². The van der Waals surface area contributed by atoms with Gasteiger partial charge in [-0.15, -0.1) is 0 Å². The number of benzene rings is 1. The Labute approximate surface area is 167 Å². The van der Waals surface area contributed by atoms with Crippen molar-refractivity contribution >= 4 is 23.5 Å². The van der Waals surface area contributed by atoms with Crippen LogP contribution in [0, 0.1) is 0 Å². The van der Waals surface area contributed by atoms with Crippen molar-refractivity contribution in [3.05, 3.63) is 29.3 Å². The summed E-state index contributed by atoms with van der Waals surface area (Å²) >= 11 is 0. The summed E-state index contributed by atoms with van der Waals surface area (Å²) < 4.78 is 4.99. The van der Waals surface area contributed by atoms with E-state index in [-0.39, 0.29) is 17.8 Å². The molecule has 154 valence electrons. The van der Waals surface area contributed by atoms with E-state index in [1.54, 1.807) is 25.3 Å². The lowest BCUT2D eigenvalue weighted by Crippen LogP contribution is -2.36. The molecule has 28 heavy (non-hydrogen) atoms. The molecule has 7 nitrogen and oxygen atoms in total. The number of rotatable bonds is 11. The Morgan fingerprint density at radius 1 is 1.04 bits per heavy atom. The standard InChI is InChI=1S/C21H31N3O4/c1-4-6-11-23(12-7-5-2)21(27)22-16-9-10-17-18(15-16)20(26)24(19(17)25)13-8-14-28-3/h9-10,15H,4-8,11-14H2,1-3H3,(H,22,27). The molecule has 1 aliphatic heterocycles. The SMILES string of the molecule is CCCCN(CCCC)C(=O)Nc1ccc2c(c1)C(=O)N(CCCOC)C2=O. The van der Waals surface area contributed by atoms with Crippen LogP contribution in [0.2, 0.25) is 0 Å². The van der Waals surface area contributed by atoms with E-state index in [9.17, 15) is 14.4 Å². The largest absolute Gasteiger partial charge is 0.385 e. The summed E-state index contributed by atoms with van der Waals surface area (Å²) in [5, 5.41) is 2.88. The number of hydrogen-bond acceptors (Lipinski definition) is 4. The minimum absolute atomic E-state index is 0.171. The van der Waals surface area contributed by atoms with Crippen molar-refractivity contribution in [1.29, 1.82) is 0 Å². The second kappa shape index (κ2) is 10.8. The number of nitrogens with one attached hydrogen (secondary N) is 1. The minimum Gasteiger partial charge on any atom is -0.385 e. The molecule has 4 amide bonds. The average molecular weight is 389 g/mol. The van der Waals surface area contributed by atoms with Crippen molar-refractivity contribution < 1.29 is 19.1 Å². The fourth-order valence-corrected chi connectivity index (χ4v) is 3.15. The highest BCUT2D eigenvalue weighted by Crippen LogP contribution is 2.26. The number of hydrogen-bond donors (Lipinski definition) is 1. The van der Waals surface area contributed by atoms with E-state index in [4.69, 9.17) is 4.74 Å². The number of unbranched alkanes of at least 4 members (excludes halogenated alkanes) is 2. The first kappa shape index (κ1) is 21.9. The number of nitrogens with zero attached hydrogens (tertiary/aromatic N) is 2. The van der Waals surface area contributed by atoms with E-state index in [1.807, 2.05) is 4.90 Å². The number of carbonyl (C=O) groups is 3. The van der Waals surface area contributed by atoms with Crippen LogP contribution in [-0.4, -0.2) is 61.0 Å². The van der Waals surface area contributed by atoms with Gasteiger partial charge >= 0.3 is 6.03 Å². The second-order valence-electron chi connectivity index (χ2n) is 6.99. The first-order valence-corrected chi connectivity index (χ1v) is 10.1. The number of carbonyl (C=O) groups excluding carboxylic acids is 3. The molecule has 1 aromatic carbocycles. The number of urea groups is 1. The maximum Gasteiger partial charge on any atom is 0.321 e. The Morgan fingerprint density at radius 3 is 2.29 bits per heavy atom. The highest BCUT2D eigenvalue weighted by molar-refractivity contribution is 6.21. The lowest BCUT2D eigenvalue weighted by atomic mass is 10.1. The quantitative estimate of drug-likeness (QED) is 0.462. The molecule has 1 aromatic rings. The molecule has 1 heterocycles. The van der Waals surface area contributed by atoms with Crippen molar-refractivity contribution in [2.45, 2.75) is 46.0 Å². The third kappa shape index (κ3) is 5.32. The summed E-state index contributed by atoms with van der Waals surface area (Å²) in [5.41, 5.74) is 1.25. The predicted octanol–water partition coefficient (Wildman–Crippen LogP) is 3.75. The fourth-order valence-electron chi connectivity index (χ4n) is 3.15. The molecule has 0 saturated heterocycles. The summed E-state index contributed by atoms with van der Waals surface area (Å²) in [7, 11) is 1.58. The summed E-state index contributed by atoms with van der Waals surface area (Å²) in [6.45, 7) is 6.41. The maximum absolute atomic E-state index is 12.6. The van der Waals surface area contributed by atoms with Crippen LogP contribution in [0.15, 0.2) is 18.2 Å². The topological polar surface area (TPSA) is 79.0 Å². The van der Waals surface area contributed by atoms with Crippen molar-refractivity contribution in [2.75, 3.05) is 38.7 Å². The third-order valence-corrected chi connectivity index (χ3v) is 4.80. The van der Waals surface area contributed by atoms with Gasteiger partial charge in [0.25, 0.3) is 11.8 Å². The van der Waals surface area contributed by atoms with Gasteiger partial charge in [0.05, 0.1) is 11.1 Å². The molecule has 7 heteroatoms. The lowest BCUT2D eigenvalue weighted by molar-refractivity contribution is 0.0638. The zero-order chi connectivity index (χ0) is 20.5. The highest BCUT2D eigenvalue weighted by atomic mass is 16.5. The molecule has 0 atom stereocenters. The summed E-state index contributed by atoms with van der Waals surface area (Å²) in [6, 6.07) is 4.72. The zero-order valence-corrected chi connectivity index (χ0v) is 17.1. The van der Waals surface area contributed by atoms with E-state index < -0.39 is 0 Å². The van der Waals surface area contributed by atoms with Crippen molar-refractivity contribution in [2.24, 2.45) is 0 Å². The molecule has 1 N–H and O–H groups in total. The molecule has 0 aliphatic carbocycles. The number of imide groups is 1. The van der Waals surface area contributed by atoms with Gasteiger partial charge in [-0.05, 0) is 37.5 Å². The lowest BCUT2D eigenvalue weighted by Gasteiger charge is -2.23. The van der Waals surface area contributed by atoms with Crippen molar-refractivity contribution in [3.8, 4) is 0 Å². The smallest absolute Gasteiger partial charge is 0.321 e. The maximum atomic E-state index is 12.6. The van der Waals surface area contributed by atoms with Crippen LogP contribution in [0.25, 0.3) is 0 Å². The Kier molecular flexibility index (Phi) is 8.44. The molecule has 0 fully saturated rings. The van der Waals surface area contributed by atoms with Gasteiger partial charge in [0.2, 0.25) is 0 Å². The van der Waals surface area contributed by atoms with Gasteiger partial charge in [-0.2, -0.15) is 0 Å². The van der Waals surface area contributed by atoms with E-state index in [0.29, 0.717) is 49.5 Å². The fraction of sp³-hybridized carbons (Fsp3) is 0.571. The van der Waals surface area contributed by atoms with Crippen LogP contribution in [0.5, 0.6) is 0 Å². The van der Waals surface area contributed by atoms with Crippen molar-refractivity contribution in [1.82, 2.24) is 9.80 Å². The third-order valence-electron chi connectivity index (χ3n) is 4.80. The molecule has 2 rings (SSSR count). The Hall–Kier alpha value is -2.41. The number of ether oxygens (including phenoxy) is 1. The first-order valence-electron chi connectivity index (χ1n) is 10.1. The van der Waals surface area contributed by atoms with Gasteiger partial charge in [-0.1, -0.05) is 26.7 Å².